The molecule has 2 aromatic rings. The van der Waals surface area contributed by atoms with Crippen LogP contribution in [0.4, 0.5) is 5.69 Å². The summed E-state index contributed by atoms with van der Waals surface area (Å²) in [5.74, 6) is -1.11. The Balaban J connectivity index is 1.94. The van der Waals surface area contributed by atoms with Gasteiger partial charge in [-0.2, -0.15) is 0 Å². The highest BCUT2D eigenvalue weighted by molar-refractivity contribution is 6.01. The summed E-state index contributed by atoms with van der Waals surface area (Å²) in [7, 11) is 0. The Morgan fingerprint density at radius 2 is 1.68 bits per heavy atom. The van der Waals surface area contributed by atoms with Crippen molar-refractivity contribution in [2.75, 3.05) is 5.32 Å². The van der Waals surface area contributed by atoms with Crippen molar-refractivity contribution in [1.29, 1.82) is 0 Å². The van der Waals surface area contributed by atoms with E-state index in [-0.39, 0.29) is 17.6 Å². The zero-order valence-corrected chi connectivity index (χ0v) is 16.6. The largest absolute Gasteiger partial charge is 0.451 e. The minimum atomic E-state index is -0.911. The number of ether oxygens (including phenoxy) is 1. The number of hydrogen-bond donors (Lipinski definition) is 1. The van der Waals surface area contributed by atoms with Crippen LogP contribution in [0.5, 0.6) is 0 Å². The van der Waals surface area contributed by atoms with E-state index >= 15 is 0 Å². The lowest BCUT2D eigenvalue weighted by Crippen LogP contribution is -2.23. The molecule has 1 N–H and O–H groups in total. The lowest BCUT2D eigenvalue weighted by molar-refractivity contribution is -0.140. The molecule has 0 bridgehead atoms. The van der Waals surface area contributed by atoms with E-state index in [9.17, 15) is 14.4 Å². The van der Waals surface area contributed by atoms with Crippen LogP contribution in [0.3, 0.4) is 0 Å². The molecule has 0 unspecified atom stereocenters. The Morgan fingerprint density at radius 3 is 2.29 bits per heavy atom. The standard InChI is InChI=1S/C23H25NO4/c1-15(2)23(27)24-20-11-9-19(10-12-20)22(26)17(4)28-21(25)13-8-18-7-5-6-16(3)14-18/h5-15,17H,1-4H3,(H,24,27)/b13-8+/t17-/m1/s1. The van der Waals surface area contributed by atoms with Crippen LogP contribution < -0.4 is 5.32 Å². The van der Waals surface area contributed by atoms with E-state index in [1.165, 1.54) is 13.0 Å². The molecule has 0 aliphatic heterocycles. The fourth-order valence-electron chi connectivity index (χ4n) is 2.44. The van der Waals surface area contributed by atoms with Gasteiger partial charge in [0.05, 0.1) is 0 Å². The Hall–Kier alpha value is -3.21. The smallest absolute Gasteiger partial charge is 0.331 e. The summed E-state index contributed by atoms with van der Waals surface area (Å²) >= 11 is 0. The third-order valence-corrected chi connectivity index (χ3v) is 4.08. The van der Waals surface area contributed by atoms with Gasteiger partial charge in [0.25, 0.3) is 0 Å². The lowest BCUT2D eigenvalue weighted by Gasteiger charge is -2.12. The molecule has 0 heterocycles. The number of esters is 1. The quantitative estimate of drug-likeness (QED) is 0.439. The molecule has 0 spiro atoms. The second-order valence-electron chi connectivity index (χ2n) is 6.91. The molecule has 2 rings (SSSR count). The van der Waals surface area contributed by atoms with Crippen molar-refractivity contribution >= 4 is 29.4 Å². The molecule has 1 amide bonds. The first kappa shape index (κ1) is 21.1. The van der Waals surface area contributed by atoms with Crippen molar-refractivity contribution in [3.63, 3.8) is 0 Å². The van der Waals surface area contributed by atoms with Crippen LogP contribution in [0.25, 0.3) is 6.08 Å². The van der Waals surface area contributed by atoms with Crippen LogP contribution in [0.15, 0.2) is 54.6 Å². The maximum atomic E-state index is 12.5. The zero-order chi connectivity index (χ0) is 20.7. The monoisotopic (exact) mass is 379 g/mol. The molecule has 1 atom stereocenters. The molecular weight excluding hydrogens is 354 g/mol. The number of anilines is 1. The van der Waals surface area contributed by atoms with E-state index in [1.54, 1.807) is 44.2 Å². The van der Waals surface area contributed by atoms with Gasteiger partial charge in [-0.15, -0.1) is 0 Å². The highest BCUT2D eigenvalue weighted by Crippen LogP contribution is 2.14. The van der Waals surface area contributed by atoms with Gasteiger partial charge in [0.1, 0.15) is 0 Å². The topological polar surface area (TPSA) is 72.5 Å². The first-order valence-corrected chi connectivity index (χ1v) is 9.17. The molecule has 0 aliphatic rings. The molecule has 146 valence electrons. The number of benzene rings is 2. The first-order chi connectivity index (χ1) is 13.3. The summed E-state index contributed by atoms with van der Waals surface area (Å²) in [6.07, 6.45) is 2.05. The van der Waals surface area contributed by atoms with E-state index in [2.05, 4.69) is 5.32 Å². The van der Waals surface area contributed by atoms with Gasteiger partial charge in [0.2, 0.25) is 11.7 Å². The first-order valence-electron chi connectivity index (χ1n) is 9.17. The van der Waals surface area contributed by atoms with E-state index in [0.29, 0.717) is 11.3 Å². The van der Waals surface area contributed by atoms with Crippen molar-refractivity contribution in [2.45, 2.75) is 33.8 Å². The number of Topliss-reactive ketones (excluding diaryl/α,β-unsaturated/α-hetero) is 1. The molecule has 0 fully saturated rings. The fourth-order valence-corrected chi connectivity index (χ4v) is 2.44. The number of amides is 1. The Labute approximate surface area is 165 Å². The maximum Gasteiger partial charge on any atom is 0.331 e. The Bertz CT molecular complexity index is 882. The summed E-state index contributed by atoms with van der Waals surface area (Å²) in [6.45, 7) is 7.11. The van der Waals surface area contributed by atoms with Gasteiger partial charge in [-0.25, -0.2) is 4.79 Å². The molecule has 28 heavy (non-hydrogen) atoms. The normalized spacial score (nSPS) is 12.0. The van der Waals surface area contributed by atoms with Gasteiger partial charge in [-0.1, -0.05) is 43.7 Å². The fraction of sp³-hybridized carbons (Fsp3) is 0.261. The van der Waals surface area contributed by atoms with E-state index in [4.69, 9.17) is 4.74 Å². The predicted molar refractivity (Wildman–Crippen MR) is 110 cm³/mol. The molecule has 2 aromatic carbocycles. The van der Waals surface area contributed by atoms with Crippen molar-refractivity contribution < 1.29 is 19.1 Å². The number of carbonyl (C=O) groups is 3. The minimum Gasteiger partial charge on any atom is -0.451 e. The Morgan fingerprint density at radius 1 is 1.00 bits per heavy atom. The predicted octanol–water partition coefficient (Wildman–Crippen LogP) is 4.42. The van der Waals surface area contributed by atoms with Crippen LogP contribution in [-0.2, 0) is 14.3 Å². The number of ketones is 1. The van der Waals surface area contributed by atoms with Crippen LogP contribution in [-0.4, -0.2) is 23.8 Å². The lowest BCUT2D eigenvalue weighted by atomic mass is 10.1. The van der Waals surface area contributed by atoms with Gasteiger partial charge >= 0.3 is 5.97 Å². The van der Waals surface area contributed by atoms with Crippen LogP contribution in [0.1, 0.15) is 42.3 Å². The van der Waals surface area contributed by atoms with E-state index in [1.807, 2.05) is 31.2 Å². The zero-order valence-electron chi connectivity index (χ0n) is 16.6. The molecule has 0 aliphatic carbocycles. The van der Waals surface area contributed by atoms with E-state index in [0.717, 1.165) is 11.1 Å². The third kappa shape index (κ3) is 6.20. The van der Waals surface area contributed by atoms with E-state index < -0.39 is 12.1 Å². The summed E-state index contributed by atoms with van der Waals surface area (Å²) in [6, 6.07) is 14.2. The van der Waals surface area contributed by atoms with Crippen LogP contribution in [0, 0.1) is 12.8 Å². The Kier molecular flexibility index (Phi) is 7.27. The van der Waals surface area contributed by atoms with Gasteiger partial charge in [-0.05, 0) is 49.8 Å². The summed E-state index contributed by atoms with van der Waals surface area (Å²) < 4.78 is 5.20. The number of aryl methyl sites for hydroxylation is 1. The highest BCUT2D eigenvalue weighted by atomic mass is 16.5. The van der Waals surface area contributed by atoms with Crippen LogP contribution >= 0.6 is 0 Å². The second kappa shape index (κ2) is 9.65. The molecule has 0 saturated carbocycles. The van der Waals surface area contributed by atoms with Crippen molar-refractivity contribution in [1.82, 2.24) is 0 Å². The molecule has 0 radical (unpaired) electrons. The summed E-state index contributed by atoms with van der Waals surface area (Å²) in [5.41, 5.74) is 2.99. The van der Waals surface area contributed by atoms with Crippen molar-refractivity contribution in [3.8, 4) is 0 Å². The second-order valence-corrected chi connectivity index (χ2v) is 6.91. The van der Waals surface area contributed by atoms with Crippen molar-refractivity contribution in [3.05, 3.63) is 71.3 Å². The third-order valence-electron chi connectivity index (χ3n) is 4.08. The van der Waals surface area contributed by atoms with Gasteiger partial charge in [0, 0.05) is 23.2 Å². The maximum absolute atomic E-state index is 12.5. The molecular formula is C23H25NO4. The summed E-state index contributed by atoms with van der Waals surface area (Å²) in [4.78, 5) is 36.1. The van der Waals surface area contributed by atoms with Crippen molar-refractivity contribution in [2.24, 2.45) is 5.92 Å². The minimum absolute atomic E-state index is 0.0956. The van der Waals surface area contributed by atoms with Gasteiger partial charge in [-0.3, -0.25) is 9.59 Å². The molecule has 5 nitrogen and oxygen atoms in total. The van der Waals surface area contributed by atoms with Gasteiger partial charge in [0.15, 0.2) is 6.10 Å². The summed E-state index contributed by atoms with van der Waals surface area (Å²) in [5, 5.41) is 2.76. The molecule has 5 heteroatoms. The SMILES string of the molecule is Cc1cccc(/C=C/C(=O)O[C@H](C)C(=O)c2ccc(NC(=O)C(C)C)cc2)c1. The number of carbonyl (C=O) groups excluding carboxylic acids is 3. The van der Waals surface area contributed by atoms with Crippen LogP contribution in [0.2, 0.25) is 0 Å². The average molecular weight is 379 g/mol. The van der Waals surface area contributed by atoms with Gasteiger partial charge < -0.3 is 10.1 Å². The number of rotatable bonds is 7. The number of hydrogen-bond acceptors (Lipinski definition) is 4. The molecule has 0 aromatic heterocycles. The highest BCUT2D eigenvalue weighted by Gasteiger charge is 2.18. The molecule has 0 saturated heterocycles. The number of nitrogens with one attached hydrogen (secondary N) is 1. The average Bonchev–Trinajstić information content (AvgIpc) is 2.66.